The van der Waals surface area contributed by atoms with Gasteiger partial charge in [0, 0.05) is 17.1 Å². The van der Waals surface area contributed by atoms with Crippen LogP contribution in [0.4, 0.5) is 4.39 Å². The van der Waals surface area contributed by atoms with Gasteiger partial charge in [-0.05, 0) is 57.2 Å². The minimum Gasteiger partial charge on any atom is -0.290 e. The number of nitriles is 1. The maximum absolute atomic E-state index is 13.1. The van der Waals surface area contributed by atoms with Crippen molar-refractivity contribution in [2.24, 2.45) is 0 Å². The van der Waals surface area contributed by atoms with Gasteiger partial charge in [-0.1, -0.05) is 0 Å². The minimum atomic E-state index is -1.13. The Bertz CT molecular complexity index is 997. The molecule has 0 radical (unpaired) electrons. The predicted octanol–water partition coefficient (Wildman–Crippen LogP) is 3.22. The van der Waals surface area contributed by atoms with Gasteiger partial charge < -0.3 is 0 Å². The maximum Gasteiger partial charge on any atom is 0.207 e. The number of hydrogen-bond donors (Lipinski definition) is 0. The number of halogens is 1. The van der Waals surface area contributed by atoms with Crippen LogP contribution >= 0.6 is 0 Å². The maximum atomic E-state index is 13.1. The molecule has 26 heavy (non-hydrogen) atoms. The van der Waals surface area contributed by atoms with E-state index in [1.54, 1.807) is 45.0 Å². The number of carbonyl (C=O) groups is 1. The van der Waals surface area contributed by atoms with E-state index in [2.05, 4.69) is 15.1 Å². The lowest BCUT2D eigenvalue weighted by Crippen LogP contribution is -2.16. The zero-order valence-electron chi connectivity index (χ0n) is 14.6. The Hall–Kier alpha value is -3.40. The zero-order valence-corrected chi connectivity index (χ0v) is 14.6. The zero-order chi connectivity index (χ0) is 18.8. The molecule has 2 heterocycles. The van der Waals surface area contributed by atoms with Crippen molar-refractivity contribution in [3.05, 3.63) is 70.8 Å². The normalized spacial score (nSPS) is 11.8. The van der Waals surface area contributed by atoms with Gasteiger partial charge in [-0.3, -0.25) is 4.79 Å². The third kappa shape index (κ3) is 3.35. The summed E-state index contributed by atoms with van der Waals surface area (Å²) < 4.78 is 14.6. The number of Topliss-reactive ketones (excluding diaryl/α,β-unsaturated/α-hetero) is 1. The summed E-state index contributed by atoms with van der Waals surface area (Å²) in [6.07, 6.45) is 0. The van der Waals surface area contributed by atoms with Crippen molar-refractivity contribution in [1.29, 1.82) is 5.26 Å². The van der Waals surface area contributed by atoms with E-state index in [1.807, 2.05) is 6.07 Å². The highest BCUT2D eigenvalue weighted by atomic mass is 19.1. The Labute approximate surface area is 150 Å². The molecule has 0 fully saturated rings. The molecule has 0 aliphatic carbocycles. The standard InChI is InChI=1S/C19H16FN5O/c1-11-8-12(2)23-19(22-11)16(10-21)18(26)17-9-13(3)25(24-17)15-6-4-14(20)5-7-15/h4-9,16H,1-3H3/t16-/m0/s1. The number of nitrogens with zero attached hydrogens (tertiary/aromatic N) is 5. The van der Waals surface area contributed by atoms with Gasteiger partial charge in [0.05, 0.1) is 11.8 Å². The molecular formula is C19H16FN5O. The number of aromatic nitrogens is 4. The molecule has 1 aromatic carbocycles. The second-order valence-corrected chi connectivity index (χ2v) is 5.99. The number of ketones is 1. The third-order valence-electron chi connectivity index (χ3n) is 3.86. The summed E-state index contributed by atoms with van der Waals surface area (Å²) >= 11 is 0. The molecule has 0 amide bonds. The summed E-state index contributed by atoms with van der Waals surface area (Å²) in [6.45, 7) is 5.34. The van der Waals surface area contributed by atoms with Gasteiger partial charge in [-0.25, -0.2) is 19.0 Å². The van der Waals surface area contributed by atoms with Crippen LogP contribution in [0, 0.1) is 37.9 Å². The van der Waals surface area contributed by atoms with E-state index in [9.17, 15) is 14.4 Å². The average Bonchev–Trinajstić information content (AvgIpc) is 2.97. The summed E-state index contributed by atoms with van der Waals surface area (Å²) in [5.74, 6) is -1.79. The molecule has 0 aliphatic heterocycles. The van der Waals surface area contributed by atoms with Gasteiger partial charge in [0.2, 0.25) is 5.78 Å². The average molecular weight is 349 g/mol. The molecule has 0 spiro atoms. The molecule has 3 aromatic rings. The van der Waals surface area contributed by atoms with Crippen LogP contribution in [0.3, 0.4) is 0 Å². The van der Waals surface area contributed by atoms with Gasteiger partial charge in [-0.2, -0.15) is 10.4 Å². The van der Waals surface area contributed by atoms with Crippen LogP contribution in [0.2, 0.25) is 0 Å². The van der Waals surface area contributed by atoms with Crippen molar-refractivity contribution in [2.45, 2.75) is 26.7 Å². The van der Waals surface area contributed by atoms with Crippen molar-refractivity contribution in [3.8, 4) is 11.8 Å². The fourth-order valence-electron chi connectivity index (χ4n) is 2.70. The van der Waals surface area contributed by atoms with Crippen molar-refractivity contribution in [3.63, 3.8) is 0 Å². The number of carbonyl (C=O) groups excluding carboxylic acids is 1. The largest absolute Gasteiger partial charge is 0.290 e. The van der Waals surface area contributed by atoms with Crippen molar-refractivity contribution < 1.29 is 9.18 Å². The first-order valence-corrected chi connectivity index (χ1v) is 7.97. The summed E-state index contributed by atoms with van der Waals surface area (Å²) in [5, 5.41) is 13.8. The molecule has 2 aromatic heterocycles. The van der Waals surface area contributed by atoms with Crippen LogP contribution in [0.5, 0.6) is 0 Å². The first-order chi connectivity index (χ1) is 12.4. The van der Waals surface area contributed by atoms with Crippen LogP contribution in [-0.2, 0) is 0 Å². The van der Waals surface area contributed by atoms with E-state index in [-0.39, 0.29) is 17.3 Å². The molecule has 0 saturated heterocycles. The number of aryl methyl sites for hydroxylation is 3. The Balaban J connectivity index is 1.98. The van der Waals surface area contributed by atoms with E-state index in [1.165, 1.54) is 16.8 Å². The first-order valence-electron chi connectivity index (χ1n) is 7.97. The summed E-state index contributed by atoms with van der Waals surface area (Å²) in [7, 11) is 0. The highest BCUT2D eigenvalue weighted by molar-refractivity contribution is 6.00. The Morgan fingerprint density at radius 1 is 1.12 bits per heavy atom. The quantitative estimate of drug-likeness (QED) is 0.675. The van der Waals surface area contributed by atoms with Gasteiger partial charge in [0.1, 0.15) is 11.5 Å². The summed E-state index contributed by atoms with van der Waals surface area (Å²) in [6, 6.07) is 11.1. The fraction of sp³-hybridized carbons (Fsp3) is 0.211. The number of rotatable bonds is 4. The lowest BCUT2D eigenvalue weighted by molar-refractivity contribution is 0.0971. The number of hydrogen-bond acceptors (Lipinski definition) is 5. The van der Waals surface area contributed by atoms with Crippen LogP contribution in [0.25, 0.3) is 5.69 Å². The molecule has 0 N–H and O–H groups in total. The van der Waals surface area contributed by atoms with Gasteiger partial charge in [-0.15, -0.1) is 0 Å². The first kappa shape index (κ1) is 17.4. The monoisotopic (exact) mass is 349 g/mol. The molecule has 3 rings (SSSR count). The van der Waals surface area contributed by atoms with Crippen LogP contribution in [0.15, 0.2) is 36.4 Å². The van der Waals surface area contributed by atoms with Gasteiger partial charge >= 0.3 is 0 Å². The minimum absolute atomic E-state index is 0.140. The molecule has 0 bridgehead atoms. The summed E-state index contributed by atoms with van der Waals surface area (Å²) in [5.41, 5.74) is 2.83. The third-order valence-corrected chi connectivity index (χ3v) is 3.86. The smallest absolute Gasteiger partial charge is 0.207 e. The highest BCUT2D eigenvalue weighted by Gasteiger charge is 2.27. The lowest BCUT2D eigenvalue weighted by atomic mass is 10.0. The van der Waals surface area contributed by atoms with E-state index in [0.717, 1.165) is 0 Å². The highest BCUT2D eigenvalue weighted by Crippen LogP contribution is 2.20. The van der Waals surface area contributed by atoms with Crippen LogP contribution in [0.1, 0.15) is 39.3 Å². The topological polar surface area (TPSA) is 84.5 Å². The molecular weight excluding hydrogens is 333 g/mol. The number of benzene rings is 1. The molecule has 0 saturated carbocycles. The second-order valence-electron chi connectivity index (χ2n) is 5.99. The summed E-state index contributed by atoms with van der Waals surface area (Å²) in [4.78, 5) is 21.2. The van der Waals surface area contributed by atoms with Crippen LogP contribution in [-0.4, -0.2) is 25.5 Å². The van der Waals surface area contributed by atoms with E-state index < -0.39 is 11.7 Å². The molecule has 130 valence electrons. The Kier molecular flexibility index (Phi) is 4.59. The van der Waals surface area contributed by atoms with E-state index in [0.29, 0.717) is 22.8 Å². The van der Waals surface area contributed by atoms with Gasteiger partial charge in [0.25, 0.3) is 0 Å². The Morgan fingerprint density at radius 2 is 1.73 bits per heavy atom. The molecule has 6 nitrogen and oxygen atoms in total. The lowest BCUT2D eigenvalue weighted by Gasteiger charge is -2.07. The fourth-order valence-corrected chi connectivity index (χ4v) is 2.70. The van der Waals surface area contributed by atoms with E-state index in [4.69, 9.17) is 0 Å². The molecule has 0 aliphatic rings. The Morgan fingerprint density at radius 3 is 2.31 bits per heavy atom. The molecule has 7 heteroatoms. The predicted molar refractivity (Wildman–Crippen MR) is 92.4 cm³/mol. The second kappa shape index (κ2) is 6.84. The van der Waals surface area contributed by atoms with Crippen LogP contribution < -0.4 is 0 Å². The molecule has 1 atom stereocenters. The van der Waals surface area contributed by atoms with Gasteiger partial charge in [0.15, 0.2) is 11.7 Å². The van der Waals surface area contributed by atoms with Crippen molar-refractivity contribution in [2.75, 3.05) is 0 Å². The SMILES string of the molecule is Cc1cc(C)nc([C@@H](C#N)C(=O)c2cc(C)n(-c3ccc(F)cc3)n2)n1. The van der Waals surface area contributed by atoms with Crippen molar-refractivity contribution >= 4 is 5.78 Å². The van der Waals surface area contributed by atoms with Crippen molar-refractivity contribution in [1.82, 2.24) is 19.7 Å². The molecule has 0 unspecified atom stereocenters. The van der Waals surface area contributed by atoms with E-state index >= 15 is 0 Å².